The zero-order chi connectivity index (χ0) is 28.7. The number of allylic oxidation sites excluding steroid dienone is 2. The number of ether oxygens (including phenoxy) is 1. The van der Waals surface area contributed by atoms with Gasteiger partial charge in [-0.15, -0.1) is 22.1 Å². The number of hydrogen-bond acceptors (Lipinski definition) is 6. The first-order valence-corrected chi connectivity index (χ1v) is 13.8. The first-order valence-electron chi connectivity index (χ1n) is 13.8. The first-order chi connectivity index (χ1) is 19.2. The van der Waals surface area contributed by atoms with Crippen LogP contribution in [0.2, 0.25) is 0 Å². The molecular formula is C32H36N4O4Zn. The molecule has 0 radical (unpaired) electrons. The zero-order valence-electron chi connectivity index (χ0n) is 24.7. The number of rotatable bonds is 6. The van der Waals surface area contributed by atoms with Crippen molar-refractivity contribution in [3.63, 3.8) is 0 Å². The van der Waals surface area contributed by atoms with Gasteiger partial charge in [-0.25, -0.2) is 4.98 Å². The van der Waals surface area contributed by atoms with E-state index in [-0.39, 0.29) is 56.9 Å². The number of carbonyl (C=O) groups is 1. The molecule has 0 aliphatic carbocycles. The number of hydrogen-bond donors (Lipinski definition) is 2. The van der Waals surface area contributed by atoms with Crippen molar-refractivity contribution < 1.29 is 39.2 Å². The van der Waals surface area contributed by atoms with Crippen molar-refractivity contribution >= 4 is 39.2 Å². The van der Waals surface area contributed by atoms with E-state index in [9.17, 15) is 15.0 Å². The quantitative estimate of drug-likeness (QED) is 0.285. The van der Waals surface area contributed by atoms with E-state index in [0.29, 0.717) is 17.5 Å². The predicted molar refractivity (Wildman–Crippen MR) is 155 cm³/mol. The van der Waals surface area contributed by atoms with E-state index in [1.165, 1.54) is 7.11 Å². The number of methoxy groups -OCH3 is 1. The second-order valence-electron chi connectivity index (χ2n) is 10.7. The van der Waals surface area contributed by atoms with Crippen molar-refractivity contribution in [1.29, 1.82) is 0 Å². The minimum absolute atomic E-state index is 0. The minimum Gasteiger partial charge on any atom is -0.657 e. The molecular weight excluding hydrogens is 570 g/mol. The fourth-order valence-electron chi connectivity index (χ4n) is 5.92. The second kappa shape index (κ2) is 12.4. The van der Waals surface area contributed by atoms with Gasteiger partial charge in [0.05, 0.1) is 31.7 Å². The van der Waals surface area contributed by atoms with Gasteiger partial charge in [0, 0.05) is 29.6 Å². The number of esters is 1. The van der Waals surface area contributed by atoms with Crippen LogP contribution < -0.4 is 9.97 Å². The molecule has 0 amide bonds. The van der Waals surface area contributed by atoms with Gasteiger partial charge in [0.25, 0.3) is 0 Å². The van der Waals surface area contributed by atoms with Crippen molar-refractivity contribution in [2.24, 2.45) is 0 Å². The molecule has 8 bridgehead atoms. The molecule has 41 heavy (non-hydrogen) atoms. The van der Waals surface area contributed by atoms with E-state index < -0.39 is 0 Å². The predicted octanol–water partition coefficient (Wildman–Crippen LogP) is 5.35. The molecule has 0 spiro atoms. The summed E-state index contributed by atoms with van der Waals surface area (Å²) < 4.78 is 4.91. The van der Waals surface area contributed by atoms with Crippen LogP contribution in [0.3, 0.4) is 0 Å². The molecule has 2 aliphatic heterocycles. The second-order valence-corrected chi connectivity index (χ2v) is 10.7. The summed E-state index contributed by atoms with van der Waals surface area (Å²) in [6.07, 6.45) is 1.65. The van der Waals surface area contributed by atoms with Crippen LogP contribution in [0.4, 0.5) is 0 Å². The third-order valence-electron chi connectivity index (χ3n) is 8.54. The molecule has 0 fully saturated rings. The van der Waals surface area contributed by atoms with Gasteiger partial charge in [-0.05, 0) is 55.9 Å². The summed E-state index contributed by atoms with van der Waals surface area (Å²) in [7, 11) is 1.40. The fraction of sp³-hybridized carbons (Fsp3) is 0.406. The van der Waals surface area contributed by atoms with Crippen LogP contribution in [-0.2, 0) is 42.2 Å². The number of nitrogens with zero attached hydrogens (tertiary/aromatic N) is 4. The number of carbonyl (C=O) groups excluding carboxylic acids is 1. The van der Waals surface area contributed by atoms with Crippen molar-refractivity contribution in [3.05, 3.63) is 69.3 Å². The monoisotopic (exact) mass is 604 g/mol. The normalized spacial score (nSPS) is 16.6. The number of aliphatic hydroxyl groups is 2. The average Bonchev–Trinajstić information content (AvgIpc) is 3.60. The molecule has 3 aromatic heterocycles. The van der Waals surface area contributed by atoms with Crippen molar-refractivity contribution in [2.45, 2.75) is 78.9 Å². The van der Waals surface area contributed by atoms with Crippen molar-refractivity contribution in [1.82, 2.24) is 19.9 Å². The summed E-state index contributed by atoms with van der Waals surface area (Å²) in [5.41, 5.74) is 11.8. The van der Waals surface area contributed by atoms with Crippen molar-refractivity contribution in [3.8, 4) is 0 Å². The van der Waals surface area contributed by atoms with Crippen LogP contribution >= 0.6 is 0 Å². The number of aliphatic hydroxyl groups excluding tert-OH is 2. The molecule has 0 saturated carbocycles. The standard InChI is InChI=1S/C32H36N4O4.Zn/c1-7-20-16(2)26-12-30-22(14-37)18(4)25(35-30)10-24-17(3)21(8-9-32(39)40-6)29(34-24)13-31-23(15-38)19(5)27(36-31)11-28(20)33-26;/h10-13,17,21,37-38H,7-9,14-15H2,1-6H3;/q-2;+2/t17-,21-;/m0./s1. The third kappa shape index (κ3) is 5.55. The van der Waals surface area contributed by atoms with Gasteiger partial charge >= 0.3 is 25.4 Å². The van der Waals surface area contributed by atoms with E-state index in [0.717, 1.165) is 73.6 Å². The average molecular weight is 606 g/mol. The Kier molecular flexibility index (Phi) is 9.32. The largest absolute Gasteiger partial charge is 2.00 e. The van der Waals surface area contributed by atoms with E-state index in [1.807, 2.05) is 38.1 Å². The molecule has 210 valence electrons. The topological polar surface area (TPSA) is 121 Å². The van der Waals surface area contributed by atoms with E-state index >= 15 is 0 Å². The molecule has 5 heterocycles. The zero-order valence-corrected chi connectivity index (χ0v) is 27.7. The van der Waals surface area contributed by atoms with Crippen molar-refractivity contribution in [2.75, 3.05) is 7.11 Å². The van der Waals surface area contributed by atoms with Crippen LogP contribution in [0.25, 0.3) is 33.2 Å². The maximum Gasteiger partial charge on any atom is 2.00 e. The minimum atomic E-state index is -0.262. The van der Waals surface area contributed by atoms with Gasteiger partial charge in [-0.2, -0.15) is 0 Å². The van der Waals surface area contributed by atoms with Crippen LogP contribution in [0.5, 0.6) is 0 Å². The summed E-state index contributed by atoms with van der Waals surface area (Å²) >= 11 is 0. The number of aryl methyl sites for hydroxylation is 2. The van der Waals surface area contributed by atoms with E-state index in [1.54, 1.807) is 0 Å². The number of aromatic nitrogens is 4. The Morgan fingerprint density at radius 1 is 0.878 bits per heavy atom. The summed E-state index contributed by atoms with van der Waals surface area (Å²) in [5, 5.41) is 20.6. The Bertz CT molecular complexity index is 1680. The van der Waals surface area contributed by atoms with Crippen LogP contribution in [0.15, 0.2) is 24.3 Å². The smallest absolute Gasteiger partial charge is 0.657 e. The molecule has 9 heteroatoms. The van der Waals surface area contributed by atoms with Gasteiger partial charge in [-0.1, -0.05) is 49.2 Å². The fourth-order valence-corrected chi connectivity index (χ4v) is 5.92. The molecule has 2 atom stereocenters. The van der Waals surface area contributed by atoms with E-state index in [2.05, 4.69) is 20.8 Å². The maximum absolute atomic E-state index is 12.0. The van der Waals surface area contributed by atoms with Gasteiger partial charge in [0.1, 0.15) is 0 Å². The van der Waals surface area contributed by atoms with Crippen LogP contribution in [0, 0.1) is 13.8 Å². The Labute approximate surface area is 253 Å². The Morgan fingerprint density at radius 3 is 2.02 bits per heavy atom. The van der Waals surface area contributed by atoms with Crippen LogP contribution in [-0.4, -0.2) is 33.3 Å². The molecule has 5 rings (SSSR count). The Morgan fingerprint density at radius 2 is 1.44 bits per heavy atom. The Balaban J connectivity index is 0.00000387. The first kappa shape index (κ1) is 30.8. The van der Waals surface area contributed by atoms with Gasteiger partial charge in [0.15, 0.2) is 0 Å². The molecule has 3 aromatic rings. The van der Waals surface area contributed by atoms with Crippen LogP contribution in [0.1, 0.15) is 96.9 Å². The summed E-state index contributed by atoms with van der Waals surface area (Å²) in [5.74, 6) is -0.285. The van der Waals surface area contributed by atoms with E-state index in [4.69, 9.17) is 24.7 Å². The molecule has 0 unspecified atom stereocenters. The Hall–Kier alpha value is -3.13. The van der Waals surface area contributed by atoms with Gasteiger partial charge in [-0.3, -0.25) is 9.78 Å². The summed E-state index contributed by atoms with van der Waals surface area (Å²) in [4.78, 5) is 31.9. The molecule has 2 N–H and O–H groups in total. The SMILES string of the molecule is CCC1=C(C)c2cc3[n-]c(cc4nc(cc5[n-]c(cc1n2)c(C)c5CO)[C@@H](CCC(=O)OC)[C@@H]4C)c(C)c3CO.[Zn+2]. The summed E-state index contributed by atoms with van der Waals surface area (Å²) in [6, 6.07) is 7.87. The van der Waals surface area contributed by atoms with Gasteiger partial charge < -0.3 is 24.9 Å². The summed E-state index contributed by atoms with van der Waals surface area (Å²) in [6.45, 7) is 9.93. The third-order valence-corrected chi connectivity index (χ3v) is 8.54. The molecule has 2 aliphatic rings. The molecule has 0 aromatic carbocycles. The number of fused-ring (bicyclic) bond motifs is 8. The molecule has 0 saturated heterocycles. The van der Waals surface area contributed by atoms with Gasteiger partial charge in [0.2, 0.25) is 0 Å². The maximum atomic E-state index is 12.0. The molecule has 8 nitrogen and oxygen atoms in total.